The van der Waals surface area contributed by atoms with Crippen molar-refractivity contribution in [1.82, 2.24) is 15.3 Å². The van der Waals surface area contributed by atoms with Gasteiger partial charge >= 0.3 is 6.03 Å². The monoisotopic (exact) mass is 471 g/mol. The Morgan fingerprint density at radius 2 is 1.81 bits per heavy atom. The number of imide groups is 1. The van der Waals surface area contributed by atoms with Crippen LogP contribution in [-0.2, 0) is 19.4 Å². The molecular formula is C20H29N3O8S. The molecule has 4 amide bonds. The second-order valence-corrected chi connectivity index (χ2v) is 10.2. The Labute approximate surface area is 186 Å². The normalized spacial score (nSPS) is 17.9. The molecule has 32 heavy (non-hydrogen) atoms. The van der Waals surface area contributed by atoms with Gasteiger partial charge in [0.15, 0.2) is 15.4 Å². The molecule has 1 fully saturated rings. The summed E-state index contributed by atoms with van der Waals surface area (Å²) in [5.41, 5.74) is -2.83. The van der Waals surface area contributed by atoms with Crippen LogP contribution >= 0.6 is 0 Å². The van der Waals surface area contributed by atoms with Gasteiger partial charge in [0.1, 0.15) is 11.3 Å². The van der Waals surface area contributed by atoms with E-state index >= 15 is 0 Å². The molecule has 1 atom stereocenters. The molecule has 1 heterocycles. The first kappa shape index (κ1) is 25.6. The molecule has 2 rings (SSSR count). The number of carbonyl (C=O) groups excluding carboxylic acids is 3. The Morgan fingerprint density at radius 3 is 2.28 bits per heavy atom. The van der Waals surface area contributed by atoms with Crippen LogP contribution in [0.4, 0.5) is 4.79 Å². The molecule has 0 bridgehead atoms. The number of ether oxygens (including phenoxy) is 1. The Kier molecular flexibility index (Phi) is 7.53. The minimum Gasteiger partial charge on any atom is -0.494 e. The summed E-state index contributed by atoms with van der Waals surface area (Å²) in [6.07, 6.45) is 1.77. The summed E-state index contributed by atoms with van der Waals surface area (Å²) >= 11 is 0. The molecular weight excluding hydrogens is 442 g/mol. The SMILES string of the molecule is CCCCOc1ccc(S(=O)(=O)CC(O)(CN2C(=O)N(C)C(C)(C)C2=O)C(=O)NO)cc1. The van der Waals surface area contributed by atoms with Crippen LogP contribution in [0.5, 0.6) is 5.75 Å². The molecule has 1 unspecified atom stereocenters. The van der Waals surface area contributed by atoms with Crippen LogP contribution in [0.2, 0.25) is 0 Å². The second-order valence-electron chi connectivity index (χ2n) is 8.20. The minimum atomic E-state index is -4.27. The molecule has 1 saturated heterocycles. The standard InChI is InChI=1S/C20H29N3O8S/c1-5-6-11-31-14-7-9-15(10-8-14)32(29,30)13-20(27,16(24)21-28)12-23-17(25)19(2,3)22(4)18(23)26/h7-10,27-28H,5-6,11-13H2,1-4H3,(H,21,24). The van der Waals surface area contributed by atoms with E-state index in [-0.39, 0.29) is 4.90 Å². The smallest absolute Gasteiger partial charge is 0.327 e. The van der Waals surface area contributed by atoms with Gasteiger partial charge in [0.05, 0.1) is 23.8 Å². The highest BCUT2D eigenvalue weighted by Crippen LogP contribution is 2.28. The number of β-amino-alcohol motifs (C(OH)–C–C–N with tert-alkyl or cyclic N) is 1. The third-order valence-corrected chi connectivity index (χ3v) is 7.30. The van der Waals surface area contributed by atoms with Crippen molar-refractivity contribution >= 4 is 27.7 Å². The molecule has 178 valence electrons. The molecule has 0 saturated carbocycles. The summed E-state index contributed by atoms with van der Waals surface area (Å²) in [4.78, 5) is 38.8. The van der Waals surface area contributed by atoms with Crippen molar-refractivity contribution < 1.29 is 37.9 Å². The average Bonchev–Trinajstić information content (AvgIpc) is 2.88. The lowest BCUT2D eigenvalue weighted by atomic mass is 10.0. The van der Waals surface area contributed by atoms with Crippen LogP contribution in [-0.4, -0.2) is 83.5 Å². The molecule has 0 radical (unpaired) electrons. The van der Waals surface area contributed by atoms with Gasteiger partial charge in [-0.2, -0.15) is 0 Å². The van der Waals surface area contributed by atoms with E-state index in [2.05, 4.69) is 0 Å². The zero-order chi connectivity index (χ0) is 24.3. The quantitative estimate of drug-likeness (QED) is 0.193. The molecule has 0 spiro atoms. The van der Waals surface area contributed by atoms with Crippen molar-refractivity contribution in [3.05, 3.63) is 24.3 Å². The van der Waals surface area contributed by atoms with E-state index in [1.165, 1.54) is 50.6 Å². The number of nitrogens with zero attached hydrogens (tertiary/aromatic N) is 2. The highest BCUT2D eigenvalue weighted by Gasteiger charge is 2.53. The first-order valence-corrected chi connectivity index (χ1v) is 11.7. The first-order valence-electron chi connectivity index (χ1n) is 10.0. The maximum absolute atomic E-state index is 12.9. The number of rotatable bonds is 10. The Bertz CT molecular complexity index is 977. The van der Waals surface area contributed by atoms with Gasteiger partial charge in [0.25, 0.3) is 11.8 Å². The molecule has 12 heteroatoms. The number of likely N-dealkylation sites (N-methyl/N-ethyl adjacent to an activating group) is 1. The molecule has 0 aromatic heterocycles. The van der Waals surface area contributed by atoms with E-state index in [1.807, 2.05) is 6.92 Å². The van der Waals surface area contributed by atoms with Gasteiger partial charge in [0, 0.05) is 7.05 Å². The van der Waals surface area contributed by atoms with Crippen molar-refractivity contribution in [2.24, 2.45) is 0 Å². The maximum atomic E-state index is 12.9. The van der Waals surface area contributed by atoms with Crippen LogP contribution in [0.15, 0.2) is 29.2 Å². The van der Waals surface area contributed by atoms with E-state index in [0.29, 0.717) is 17.3 Å². The molecule has 1 aromatic rings. The van der Waals surface area contributed by atoms with Crippen molar-refractivity contribution in [2.45, 2.75) is 49.6 Å². The lowest BCUT2D eigenvalue weighted by molar-refractivity contribution is -0.149. The molecule has 11 nitrogen and oxygen atoms in total. The number of urea groups is 1. The topological polar surface area (TPSA) is 154 Å². The summed E-state index contributed by atoms with van der Waals surface area (Å²) < 4.78 is 31.3. The zero-order valence-electron chi connectivity index (χ0n) is 18.5. The number of hydrogen-bond donors (Lipinski definition) is 3. The van der Waals surface area contributed by atoms with Crippen LogP contribution in [0.25, 0.3) is 0 Å². The number of hydrogen-bond acceptors (Lipinski definition) is 8. The lowest BCUT2D eigenvalue weighted by Gasteiger charge is -2.29. The predicted molar refractivity (Wildman–Crippen MR) is 113 cm³/mol. The van der Waals surface area contributed by atoms with Crippen molar-refractivity contribution in [1.29, 1.82) is 0 Å². The third-order valence-electron chi connectivity index (χ3n) is 5.45. The summed E-state index contributed by atoms with van der Waals surface area (Å²) in [5.74, 6) is -2.91. The van der Waals surface area contributed by atoms with E-state index in [4.69, 9.17) is 9.94 Å². The summed E-state index contributed by atoms with van der Waals surface area (Å²) in [6, 6.07) is 4.60. The summed E-state index contributed by atoms with van der Waals surface area (Å²) in [7, 11) is -2.91. The molecule has 1 aliphatic rings. The number of benzene rings is 1. The zero-order valence-corrected chi connectivity index (χ0v) is 19.3. The van der Waals surface area contributed by atoms with E-state index in [9.17, 15) is 27.9 Å². The molecule has 1 aliphatic heterocycles. The van der Waals surface area contributed by atoms with Gasteiger partial charge in [0.2, 0.25) is 0 Å². The minimum absolute atomic E-state index is 0.207. The van der Waals surface area contributed by atoms with Gasteiger partial charge in [-0.05, 0) is 44.5 Å². The number of unbranched alkanes of at least 4 members (excludes halogenated alkanes) is 1. The number of nitrogens with one attached hydrogen (secondary N) is 1. The van der Waals surface area contributed by atoms with Crippen LogP contribution in [0.3, 0.4) is 0 Å². The summed E-state index contributed by atoms with van der Waals surface area (Å²) in [5, 5.41) is 20.0. The number of carbonyl (C=O) groups is 3. The third kappa shape index (κ3) is 5.03. The van der Waals surface area contributed by atoms with Crippen molar-refractivity contribution in [2.75, 3.05) is 26.0 Å². The van der Waals surface area contributed by atoms with E-state index in [1.54, 1.807) is 0 Å². The number of sulfone groups is 1. The predicted octanol–water partition coefficient (Wildman–Crippen LogP) is 0.548. The summed E-state index contributed by atoms with van der Waals surface area (Å²) in [6.45, 7) is 4.47. The molecule has 0 aliphatic carbocycles. The van der Waals surface area contributed by atoms with Gasteiger partial charge in [-0.15, -0.1) is 0 Å². The van der Waals surface area contributed by atoms with Gasteiger partial charge in [-0.3, -0.25) is 19.7 Å². The average molecular weight is 472 g/mol. The van der Waals surface area contributed by atoms with Gasteiger partial charge < -0.3 is 14.7 Å². The Hall–Kier alpha value is -2.70. The maximum Gasteiger partial charge on any atom is 0.327 e. The highest BCUT2D eigenvalue weighted by atomic mass is 32.2. The number of amides is 4. The fourth-order valence-corrected chi connectivity index (χ4v) is 4.71. The fourth-order valence-electron chi connectivity index (χ4n) is 3.14. The van der Waals surface area contributed by atoms with E-state index < -0.39 is 51.1 Å². The Morgan fingerprint density at radius 1 is 1.22 bits per heavy atom. The van der Waals surface area contributed by atoms with E-state index in [0.717, 1.165) is 17.7 Å². The molecule has 3 N–H and O–H groups in total. The van der Waals surface area contributed by atoms with Crippen molar-refractivity contribution in [3.8, 4) is 5.75 Å². The van der Waals surface area contributed by atoms with Crippen molar-refractivity contribution in [3.63, 3.8) is 0 Å². The first-order chi connectivity index (χ1) is 14.8. The number of aliphatic hydroxyl groups is 1. The van der Waals surface area contributed by atoms with Crippen LogP contribution in [0, 0.1) is 0 Å². The Balaban J connectivity index is 2.29. The van der Waals surface area contributed by atoms with Gasteiger partial charge in [-0.25, -0.2) is 18.7 Å². The van der Waals surface area contributed by atoms with Gasteiger partial charge in [-0.1, -0.05) is 13.3 Å². The highest BCUT2D eigenvalue weighted by molar-refractivity contribution is 7.91. The molecule has 1 aromatic carbocycles. The van der Waals surface area contributed by atoms with Crippen LogP contribution < -0.4 is 10.2 Å². The largest absolute Gasteiger partial charge is 0.494 e. The van der Waals surface area contributed by atoms with Crippen LogP contribution in [0.1, 0.15) is 33.6 Å². The second kappa shape index (κ2) is 9.43. The lowest BCUT2D eigenvalue weighted by Crippen LogP contribution is -2.58. The fraction of sp³-hybridized carbons (Fsp3) is 0.550. The number of hydroxylamine groups is 1.